The molecule has 1 unspecified atom stereocenters. The van der Waals surface area contributed by atoms with E-state index in [2.05, 4.69) is 0 Å². The number of amides is 3. The highest BCUT2D eigenvalue weighted by Crippen LogP contribution is 2.30. The number of hydrogen-bond donors (Lipinski definition) is 1. The second kappa shape index (κ2) is 10.9. The third-order valence-electron chi connectivity index (χ3n) is 5.65. The van der Waals surface area contributed by atoms with Crippen LogP contribution in [0, 0.1) is 0 Å². The zero-order valence-electron chi connectivity index (χ0n) is 18.8. The standard InChI is InChI=1S/C26H24ClN3O5/c27-20-10-7-13-22(16-20)30(21-11-5-2-6-12-21)25(33)29-15-14-28(17-23(29)24(31)32)26(34)35-18-19-8-3-1-4-9-19/h1-13,16,23H,14-15,17-18H2,(H,31,32). The van der Waals surface area contributed by atoms with E-state index in [1.165, 1.54) is 14.7 Å². The van der Waals surface area contributed by atoms with Crippen molar-refractivity contribution >= 4 is 41.1 Å². The average Bonchev–Trinajstić information content (AvgIpc) is 2.88. The van der Waals surface area contributed by atoms with Gasteiger partial charge in [0, 0.05) is 18.1 Å². The van der Waals surface area contributed by atoms with E-state index in [0.29, 0.717) is 16.4 Å². The summed E-state index contributed by atoms with van der Waals surface area (Å²) in [6.45, 7) is 0.0570. The highest BCUT2D eigenvalue weighted by Gasteiger charge is 2.40. The Balaban J connectivity index is 1.53. The largest absolute Gasteiger partial charge is 0.480 e. The van der Waals surface area contributed by atoms with Gasteiger partial charge in [0.15, 0.2) is 0 Å². The molecular weight excluding hydrogens is 470 g/mol. The van der Waals surface area contributed by atoms with Gasteiger partial charge in [-0.3, -0.25) is 4.90 Å². The summed E-state index contributed by atoms with van der Waals surface area (Å²) < 4.78 is 5.36. The van der Waals surface area contributed by atoms with Crippen molar-refractivity contribution < 1.29 is 24.2 Å². The first-order chi connectivity index (χ1) is 16.9. The Labute approximate surface area is 207 Å². The molecule has 180 valence electrons. The molecule has 3 aromatic carbocycles. The molecule has 0 aromatic heterocycles. The van der Waals surface area contributed by atoms with Gasteiger partial charge in [-0.2, -0.15) is 0 Å². The summed E-state index contributed by atoms with van der Waals surface area (Å²) in [7, 11) is 0. The molecule has 0 aliphatic carbocycles. The number of carboxylic acids is 1. The number of para-hydroxylation sites is 1. The maximum absolute atomic E-state index is 13.7. The monoisotopic (exact) mass is 493 g/mol. The molecule has 1 heterocycles. The number of aliphatic carboxylic acids is 1. The maximum atomic E-state index is 13.7. The molecule has 1 fully saturated rings. The van der Waals surface area contributed by atoms with E-state index in [1.807, 2.05) is 36.4 Å². The van der Waals surface area contributed by atoms with Crippen LogP contribution in [-0.4, -0.2) is 58.7 Å². The van der Waals surface area contributed by atoms with E-state index in [0.717, 1.165) is 5.56 Å². The number of piperazine rings is 1. The summed E-state index contributed by atoms with van der Waals surface area (Å²) in [4.78, 5) is 42.5. The third kappa shape index (κ3) is 5.73. The van der Waals surface area contributed by atoms with Crippen LogP contribution >= 0.6 is 11.6 Å². The molecule has 35 heavy (non-hydrogen) atoms. The molecule has 3 amide bonds. The summed E-state index contributed by atoms with van der Waals surface area (Å²) in [5.41, 5.74) is 1.89. The predicted molar refractivity (Wildman–Crippen MR) is 132 cm³/mol. The fourth-order valence-electron chi connectivity index (χ4n) is 3.89. The SMILES string of the molecule is O=C(O)C1CN(C(=O)OCc2ccccc2)CCN1C(=O)N(c1ccccc1)c1cccc(Cl)c1. The Morgan fingerprint density at radius 3 is 2.23 bits per heavy atom. The highest BCUT2D eigenvalue weighted by molar-refractivity contribution is 6.31. The Bertz CT molecular complexity index is 1190. The zero-order valence-corrected chi connectivity index (χ0v) is 19.5. The lowest BCUT2D eigenvalue weighted by Gasteiger charge is -2.40. The van der Waals surface area contributed by atoms with Crippen molar-refractivity contribution in [3.63, 3.8) is 0 Å². The van der Waals surface area contributed by atoms with Gasteiger partial charge in [-0.1, -0.05) is 66.2 Å². The molecule has 1 saturated heterocycles. The van der Waals surface area contributed by atoms with Crippen LogP contribution < -0.4 is 4.90 Å². The first-order valence-electron chi connectivity index (χ1n) is 11.0. The normalized spacial score (nSPS) is 15.4. The Morgan fingerprint density at radius 1 is 0.914 bits per heavy atom. The number of urea groups is 1. The third-order valence-corrected chi connectivity index (χ3v) is 5.88. The molecule has 0 spiro atoms. The molecule has 1 aliphatic rings. The van der Waals surface area contributed by atoms with E-state index in [1.54, 1.807) is 48.5 Å². The lowest BCUT2D eigenvalue weighted by molar-refractivity contribution is -0.143. The van der Waals surface area contributed by atoms with Crippen LogP contribution in [0.4, 0.5) is 21.0 Å². The number of halogens is 1. The van der Waals surface area contributed by atoms with Gasteiger partial charge in [-0.15, -0.1) is 0 Å². The van der Waals surface area contributed by atoms with E-state index < -0.39 is 24.1 Å². The molecule has 4 rings (SSSR count). The van der Waals surface area contributed by atoms with Crippen LogP contribution in [0.25, 0.3) is 0 Å². The van der Waals surface area contributed by atoms with Crippen LogP contribution in [0.1, 0.15) is 5.56 Å². The molecule has 0 radical (unpaired) electrons. The Kier molecular flexibility index (Phi) is 7.52. The number of ether oxygens (including phenoxy) is 1. The van der Waals surface area contributed by atoms with E-state index in [4.69, 9.17) is 16.3 Å². The van der Waals surface area contributed by atoms with E-state index in [9.17, 15) is 19.5 Å². The zero-order chi connectivity index (χ0) is 24.8. The average molecular weight is 494 g/mol. The lowest BCUT2D eigenvalue weighted by Crippen LogP contribution is -2.61. The Morgan fingerprint density at radius 2 is 1.57 bits per heavy atom. The molecule has 0 bridgehead atoms. The lowest BCUT2D eigenvalue weighted by atomic mass is 10.1. The van der Waals surface area contributed by atoms with Gasteiger partial charge in [-0.25, -0.2) is 14.4 Å². The first-order valence-corrected chi connectivity index (χ1v) is 11.4. The summed E-state index contributed by atoms with van der Waals surface area (Å²) in [5, 5.41) is 10.4. The summed E-state index contributed by atoms with van der Waals surface area (Å²) in [5.74, 6) is -1.21. The van der Waals surface area contributed by atoms with Crippen molar-refractivity contribution in [1.82, 2.24) is 9.80 Å². The minimum atomic E-state index is -1.24. The minimum Gasteiger partial charge on any atom is -0.480 e. The fourth-order valence-corrected chi connectivity index (χ4v) is 4.07. The van der Waals surface area contributed by atoms with Crippen molar-refractivity contribution in [2.24, 2.45) is 0 Å². The predicted octanol–water partition coefficient (Wildman–Crippen LogP) is 5.01. The van der Waals surface area contributed by atoms with Crippen molar-refractivity contribution in [3.05, 3.63) is 95.5 Å². The molecular formula is C26H24ClN3O5. The van der Waals surface area contributed by atoms with E-state index >= 15 is 0 Å². The number of carbonyl (C=O) groups is 3. The van der Waals surface area contributed by atoms with E-state index in [-0.39, 0.29) is 26.2 Å². The van der Waals surface area contributed by atoms with Crippen LogP contribution in [0.3, 0.4) is 0 Å². The minimum absolute atomic E-state index is 0.0279. The topological polar surface area (TPSA) is 90.4 Å². The highest BCUT2D eigenvalue weighted by atomic mass is 35.5. The fraction of sp³-hybridized carbons (Fsp3) is 0.192. The van der Waals surface area contributed by atoms with Crippen molar-refractivity contribution in [2.75, 3.05) is 24.5 Å². The molecule has 0 saturated carbocycles. The van der Waals surface area contributed by atoms with Crippen molar-refractivity contribution in [3.8, 4) is 0 Å². The second-order valence-electron chi connectivity index (χ2n) is 7.97. The molecule has 1 N–H and O–H groups in total. The number of rotatable bonds is 5. The van der Waals surface area contributed by atoms with Gasteiger partial charge in [0.1, 0.15) is 12.6 Å². The summed E-state index contributed by atoms with van der Waals surface area (Å²) >= 11 is 6.17. The Hall–Kier alpha value is -4.04. The van der Waals surface area contributed by atoms with Crippen LogP contribution in [0.2, 0.25) is 5.02 Å². The summed E-state index contributed by atoms with van der Waals surface area (Å²) in [6, 6.07) is 23.1. The number of benzene rings is 3. The molecule has 1 atom stereocenters. The number of hydrogen-bond acceptors (Lipinski definition) is 4. The van der Waals surface area contributed by atoms with Crippen LogP contribution in [0.5, 0.6) is 0 Å². The van der Waals surface area contributed by atoms with Crippen LogP contribution in [-0.2, 0) is 16.1 Å². The molecule has 9 heteroatoms. The number of carboxylic acid groups (broad SMARTS) is 1. The van der Waals surface area contributed by atoms with Gasteiger partial charge >= 0.3 is 18.1 Å². The van der Waals surface area contributed by atoms with Gasteiger partial charge in [0.2, 0.25) is 0 Å². The van der Waals surface area contributed by atoms with Gasteiger partial charge in [0.25, 0.3) is 0 Å². The molecule has 3 aromatic rings. The first kappa shape index (κ1) is 24.1. The van der Waals surface area contributed by atoms with Gasteiger partial charge in [0.05, 0.1) is 17.9 Å². The quantitative estimate of drug-likeness (QED) is 0.539. The number of anilines is 2. The molecule has 8 nitrogen and oxygen atoms in total. The van der Waals surface area contributed by atoms with Crippen molar-refractivity contribution in [1.29, 1.82) is 0 Å². The summed E-state index contributed by atoms with van der Waals surface area (Å²) in [6.07, 6.45) is -0.623. The van der Waals surface area contributed by atoms with Gasteiger partial charge < -0.3 is 19.6 Å². The number of nitrogens with zero attached hydrogens (tertiary/aromatic N) is 3. The van der Waals surface area contributed by atoms with Gasteiger partial charge in [-0.05, 0) is 35.9 Å². The number of carbonyl (C=O) groups excluding carboxylic acids is 2. The maximum Gasteiger partial charge on any atom is 0.410 e. The smallest absolute Gasteiger partial charge is 0.410 e. The second-order valence-corrected chi connectivity index (χ2v) is 8.40. The van der Waals surface area contributed by atoms with Crippen LogP contribution in [0.15, 0.2) is 84.9 Å². The van der Waals surface area contributed by atoms with Crippen molar-refractivity contribution in [2.45, 2.75) is 12.6 Å². The molecule has 1 aliphatic heterocycles.